The Balaban J connectivity index is 1.93. The van der Waals surface area contributed by atoms with E-state index in [4.69, 9.17) is 4.74 Å². The van der Waals surface area contributed by atoms with Gasteiger partial charge in [-0.1, -0.05) is 45.9 Å². The van der Waals surface area contributed by atoms with Crippen LogP contribution in [0.15, 0.2) is 61.8 Å². The number of halogens is 1. The van der Waals surface area contributed by atoms with Gasteiger partial charge in [-0.15, -0.1) is 11.3 Å². The van der Waals surface area contributed by atoms with Crippen molar-refractivity contribution in [3.05, 3.63) is 72.3 Å². The van der Waals surface area contributed by atoms with Gasteiger partial charge in [0.15, 0.2) is 10.7 Å². The van der Waals surface area contributed by atoms with Crippen molar-refractivity contribution in [2.24, 2.45) is 0 Å². The second kappa shape index (κ2) is 6.75. The summed E-state index contributed by atoms with van der Waals surface area (Å²) in [6.45, 7) is 1.92. The molecule has 0 spiro atoms. The lowest BCUT2D eigenvalue weighted by Gasteiger charge is -2.06. The molecule has 0 radical (unpaired) electrons. The molecule has 1 aromatic heterocycles. The highest BCUT2D eigenvalue weighted by atomic mass is 79.9. The first-order valence-electron chi connectivity index (χ1n) is 6.65. The van der Waals surface area contributed by atoms with E-state index in [9.17, 15) is 10.1 Å². The molecule has 114 valence electrons. The maximum Gasteiger partial charge on any atom is 0.217 e. The van der Waals surface area contributed by atoms with Crippen molar-refractivity contribution in [2.75, 3.05) is 0 Å². The quantitative estimate of drug-likeness (QED) is 0.381. The van der Waals surface area contributed by atoms with Crippen LogP contribution in [0.25, 0.3) is 5.76 Å². The fourth-order valence-corrected chi connectivity index (χ4v) is 3.89. The Bertz CT molecular complexity index is 859. The van der Waals surface area contributed by atoms with Crippen LogP contribution in [0.5, 0.6) is 0 Å². The zero-order chi connectivity index (χ0) is 16.4. The third-order valence-corrected chi connectivity index (χ3v) is 5.52. The van der Waals surface area contributed by atoms with Gasteiger partial charge in [0.1, 0.15) is 11.8 Å². The third kappa shape index (κ3) is 3.27. The highest BCUT2D eigenvalue weighted by molar-refractivity contribution is 9.10. The Labute approximate surface area is 150 Å². The number of Topliss-reactive ketones (excluding diaryl/α,β-unsaturated/α-hetero) is 1. The summed E-state index contributed by atoms with van der Waals surface area (Å²) < 4.78 is 6.82. The van der Waals surface area contributed by atoms with E-state index in [1.165, 1.54) is 23.1 Å². The number of thiophene rings is 1. The minimum atomic E-state index is -0.296. The van der Waals surface area contributed by atoms with E-state index in [1.807, 2.05) is 42.6 Å². The molecular formula is C17H10BrNO2S2. The summed E-state index contributed by atoms with van der Waals surface area (Å²) in [4.78, 5) is 13.9. The molecule has 3 nitrogen and oxygen atoms in total. The van der Waals surface area contributed by atoms with Crippen molar-refractivity contribution in [3.8, 4) is 6.07 Å². The predicted octanol–water partition coefficient (Wildman–Crippen LogP) is 5.58. The van der Waals surface area contributed by atoms with Crippen LogP contribution in [0.4, 0.5) is 0 Å². The van der Waals surface area contributed by atoms with Crippen LogP contribution < -0.4 is 0 Å². The van der Waals surface area contributed by atoms with Crippen molar-refractivity contribution >= 4 is 50.6 Å². The summed E-state index contributed by atoms with van der Waals surface area (Å²) in [6, 6.07) is 13.2. The van der Waals surface area contributed by atoms with Gasteiger partial charge in [-0.2, -0.15) is 5.26 Å². The number of rotatable bonds is 3. The topological polar surface area (TPSA) is 50.1 Å². The highest BCUT2D eigenvalue weighted by Crippen LogP contribution is 2.44. The third-order valence-electron chi connectivity index (χ3n) is 3.15. The summed E-state index contributed by atoms with van der Waals surface area (Å²) in [5, 5.41) is 11.6. The molecule has 0 unspecified atom stereocenters. The fraction of sp³-hybridized carbons (Fsp3) is 0.0588. The standard InChI is InChI=1S/C17H10BrNO2S2/c1-10-16(11-4-6-12(18)7-5-11)21-17(23-10)13(9-19)15(20)14-3-2-8-22-14/h2-8H,1H3/b17-13-. The van der Waals surface area contributed by atoms with Crippen LogP contribution in [0.3, 0.4) is 0 Å². The smallest absolute Gasteiger partial charge is 0.217 e. The first-order valence-corrected chi connectivity index (χ1v) is 9.14. The lowest BCUT2D eigenvalue weighted by molar-refractivity contribution is 0.103. The number of benzene rings is 1. The van der Waals surface area contributed by atoms with E-state index < -0.39 is 0 Å². The second-order valence-corrected chi connectivity index (χ2v) is 7.73. The molecule has 0 bridgehead atoms. The number of nitriles is 1. The Morgan fingerprint density at radius 3 is 2.61 bits per heavy atom. The SMILES string of the molecule is CC1=C(c2ccc(Br)cc2)O/C(=C(\C#N)C(=O)c2cccs2)S1. The van der Waals surface area contributed by atoms with Gasteiger partial charge >= 0.3 is 0 Å². The molecule has 0 atom stereocenters. The van der Waals surface area contributed by atoms with E-state index in [2.05, 4.69) is 15.9 Å². The number of allylic oxidation sites excluding steroid dienone is 2. The average Bonchev–Trinajstić information content (AvgIpc) is 3.19. The highest BCUT2D eigenvalue weighted by Gasteiger charge is 2.27. The molecule has 1 aromatic carbocycles. The first kappa shape index (κ1) is 16.1. The Morgan fingerprint density at radius 1 is 1.26 bits per heavy atom. The van der Waals surface area contributed by atoms with Gasteiger partial charge < -0.3 is 4.74 Å². The van der Waals surface area contributed by atoms with Crippen LogP contribution in [0.1, 0.15) is 22.2 Å². The minimum Gasteiger partial charge on any atom is -0.447 e. The number of carbonyl (C=O) groups is 1. The van der Waals surface area contributed by atoms with Gasteiger partial charge in [-0.3, -0.25) is 4.79 Å². The monoisotopic (exact) mass is 403 g/mol. The van der Waals surface area contributed by atoms with Crippen molar-refractivity contribution < 1.29 is 9.53 Å². The largest absolute Gasteiger partial charge is 0.447 e. The molecule has 0 N–H and O–H groups in total. The van der Waals surface area contributed by atoms with Crippen molar-refractivity contribution in [1.82, 2.24) is 0 Å². The number of ketones is 1. The molecule has 0 amide bonds. The molecule has 0 aliphatic carbocycles. The van der Waals surface area contributed by atoms with E-state index in [1.54, 1.807) is 12.1 Å². The summed E-state index contributed by atoms with van der Waals surface area (Å²) in [7, 11) is 0. The fourth-order valence-electron chi connectivity index (χ4n) is 2.06. The summed E-state index contributed by atoms with van der Waals surface area (Å²) in [5.41, 5.74) is 0.956. The number of thioether (sulfide) groups is 1. The second-order valence-electron chi connectivity index (χ2n) is 4.68. The number of hydrogen-bond acceptors (Lipinski definition) is 5. The summed E-state index contributed by atoms with van der Waals surface area (Å²) in [5.74, 6) is 0.388. The molecule has 2 heterocycles. The van der Waals surface area contributed by atoms with E-state index in [0.717, 1.165) is 14.9 Å². The lowest BCUT2D eigenvalue weighted by atomic mass is 10.1. The number of ether oxygens (including phenoxy) is 1. The molecular weight excluding hydrogens is 394 g/mol. The molecule has 0 fully saturated rings. The van der Waals surface area contributed by atoms with Gasteiger partial charge in [0.25, 0.3) is 0 Å². The molecule has 0 saturated carbocycles. The van der Waals surface area contributed by atoms with Crippen LogP contribution in [0, 0.1) is 11.3 Å². The first-order chi connectivity index (χ1) is 11.1. The predicted molar refractivity (Wildman–Crippen MR) is 96.7 cm³/mol. The molecule has 23 heavy (non-hydrogen) atoms. The van der Waals surface area contributed by atoms with Crippen LogP contribution in [-0.2, 0) is 4.74 Å². The normalized spacial score (nSPS) is 16.0. The Kier molecular flexibility index (Phi) is 4.71. The van der Waals surface area contributed by atoms with E-state index >= 15 is 0 Å². The number of carbonyl (C=O) groups excluding carboxylic acids is 1. The van der Waals surface area contributed by atoms with Gasteiger partial charge in [0, 0.05) is 14.9 Å². The molecule has 1 aliphatic rings. The number of hydrogen-bond donors (Lipinski definition) is 0. The van der Waals surface area contributed by atoms with Crippen molar-refractivity contribution in [2.45, 2.75) is 6.92 Å². The van der Waals surface area contributed by atoms with Crippen molar-refractivity contribution in [3.63, 3.8) is 0 Å². The molecule has 2 aromatic rings. The molecule has 1 aliphatic heterocycles. The van der Waals surface area contributed by atoms with Crippen LogP contribution in [0.2, 0.25) is 0 Å². The van der Waals surface area contributed by atoms with Gasteiger partial charge in [0.2, 0.25) is 5.78 Å². The molecule has 0 saturated heterocycles. The summed E-state index contributed by atoms with van der Waals surface area (Å²) >= 11 is 6.03. The Morgan fingerprint density at radius 2 is 2.00 bits per heavy atom. The number of nitrogens with zero attached hydrogens (tertiary/aromatic N) is 1. The van der Waals surface area contributed by atoms with E-state index in [0.29, 0.717) is 15.7 Å². The zero-order valence-corrected chi connectivity index (χ0v) is 15.2. The van der Waals surface area contributed by atoms with Gasteiger partial charge in [0.05, 0.1) is 4.88 Å². The average molecular weight is 404 g/mol. The molecule has 3 rings (SSSR count). The summed E-state index contributed by atoms with van der Waals surface area (Å²) in [6.07, 6.45) is 0. The van der Waals surface area contributed by atoms with Crippen LogP contribution in [-0.4, -0.2) is 5.78 Å². The van der Waals surface area contributed by atoms with Gasteiger partial charge in [-0.05, 0) is 30.5 Å². The minimum absolute atomic E-state index is 0.0453. The molecule has 6 heteroatoms. The lowest BCUT2D eigenvalue weighted by Crippen LogP contribution is -2.02. The van der Waals surface area contributed by atoms with Gasteiger partial charge in [-0.25, -0.2) is 0 Å². The Hall–Kier alpha value is -1.81. The van der Waals surface area contributed by atoms with Crippen molar-refractivity contribution in [1.29, 1.82) is 5.26 Å². The zero-order valence-electron chi connectivity index (χ0n) is 12.0. The maximum atomic E-state index is 12.4. The van der Waals surface area contributed by atoms with E-state index in [-0.39, 0.29) is 11.4 Å². The maximum absolute atomic E-state index is 12.4. The van der Waals surface area contributed by atoms with Crippen LogP contribution >= 0.6 is 39.0 Å².